The minimum Gasteiger partial charge on any atom is -0.462 e. The molecule has 1 unspecified atom stereocenters. The van der Waals surface area contributed by atoms with Crippen LogP contribution in [-0.4, -0.2) is 37.2 Å². The van der Waals surface area contributed by atoms with Gasteiger partial charge in [0.25, 0.3) is 0 Å². The summed E-state index contributed by atoms with van der Waals surface area (Å²) < 4.78 is 16.9. The Hall–Kier alpha value is -4.19. The first kappa shape index (κ1) is 76.8. The Morgan fingerprint density at radius 3 is 0.753 bits per heavy atom. The Balaban J connectivity index is 4.24. The van der Waals surface area contributed by atoms with Crippen molar-refractivity contribution in [3.8, 4) is 0 Å². The van der Waals surface area contributed by atoms with Crippen molar-refractivity contribution in [2.75, 3.05) is 13.2 Å². The number of allylic oxidation sites excluding steroid dienone is 20. The molecule has 0 saturated heterocycles. The average Bonchev–Trinajstić information content (AvgIpc) is 3.47. The van der Waals surface area contributed by atoms with E-state index in [1.807, 2.05) is 0 Å². The van der Waals surface area contributed by atoms with Crippen LogP contribution in [-0.2, 0) is 28.6 Å². The standard InChI is InChI=1S/C75H126O6/c1-4-7-10-13-16-19-22-25-28-29-30-31-32-33-34-35-36-37-38-39-40-41-42-43-44-45-48-50-53-56-59-62-65-68-74(77)80-71-72(81-75(78)69-66-63-60-57-54-51-47-27-24-21-18-15-12-9-6-3)70-79-73(76)67-64-61-58-55-52-49-46-26-23-20-17-14-11-8-5-2/h7,10,16-21,25-28,30-31,33-34,36-37,46-47,72H,4-6,8-9,11-15,22-24,29,32,35,38-45,48-71H2,1-3H3/b10-7-,19-16-,20-17-,21-18-,28-25-,31-30-,34-33-,37-36-,46-26-,47-27-. The number of esters is 3. The number of hydrogen-bond donors (Lipinski definition) is 0. The summed E-state index contributed by atoms with van der Waals surface area (Å²) in [5.41, 5.74) is 0. The van der Waals surface area contributed by atoms with Crippen LogP contribution in [0.4, 0.5) is 0 Å². The molecule has 0 aliphatic carbocycles. The van der Waals surface area contributed by atoms with Gasteiger partial charge in [-0.2, -0.15) is 0 Å². The van der Waals surface area contributed by atoms with Crippen LogP contribution < -0.4 is 0 Å². The lowest BCUT2D eigenvalue weighted by molar-refractivity contribution is -0.167. The van der Waals surface area contributed by atoms with Crippen LogP contribution in [0.2, 0.25) is 0 Å². The average molecular weight is 1120 g/mol. The van der Waals surface area contributed by atoms with E-state index in [2.05, 4.69) is 142 Å². The highest BCUT2D eigenvalue weighted by atomic mass is 16.6. The lowest BCUT2D eigenvalue weighted by atomic mass is 10.0. The van der Waals surface area contributed by atoms with E-state index in [1.165, 1.54) is 128 Å². The molecule has 462 valence electrons. The third kappa shape index (κ3) is 66.5. The third-order valence-corrected chi connectivity index (χ3v) is 14.4. The normalized spacial score (nSPS) is 12.9. The fourth-order valence-corrected chi connectivity index (χ4v) is 9.33. The van der Waals surface area contributed by atoms with Crippen LogP contribution in [0.5, 0.6) is 0 Å². The van der Waals surface area contributed by atoms with Crippen LogP contribution in [0, 0.1) is 0 Å². The second-order valence-corrected chi connectivity index (χ2v) is 22.3. The molecule has 0 amide bonds. The number of unbranched alkanes of at least 4 members (excludes halogenated alkanes) is 30. The summed E-state index contributed by atoms with van der Waals surface area (Å²) in [6.45, 7) is 6.47. The predicted octanol–water partition coefficient (Wildman–Crippen LogP) is 23.6. The Kier molecular flexibility index (Phi) is 64.8. The van der Waals surface area contributed by atoms with Crippen LogP contribution >= 0.6 is 0 Å². The van der Waals surface area contributed by atoms with Crippen molar-refractivity contribution < 1.29 is 28.6 Å². The molecule has 0 heterocycles. The number of carbonyl (C=O) groups excluding carboxylic acids is 3. The number of hydrogen-bond acceptors (Lipinski definition) is 6. The van der Waals surface area contributed by atoms with Crippen molar-refractivity contribution in [3.63, 3.8) is 0 Å². The Morgan fingerprint density at radius 2 is 0.481 bits per heavy atom. The van der Waals surface area contributed by atoms with Crippen molar-refractivity contribution in [1.82, 2.24) is 0 Å². The zero-order valence-corrected chi connectivity index (χ0v) is 53.0. The van der Waals surface area contributed by atoms with Gasteiger partial charge in [-0.15, -0.1) is 0 Å². The van der Waals surface area contributed by atoms with E-state index >= 15 is 0 Å². The molecule has 0 rings (SSSR count). The lowest BCUT2D eigenvalue weighted by Crippen LogP contribution is -2.30. The highest BCUT2D eigenvalue weighted by Gasteiger charge is 2.19. The summed E-state index contributed by atoms with van der Waals surface area (Å²) in [5.74, 6) is -0.909. The Bertz CT molecular complexity index is 1670. The summed E-state index contributed by atoms with van der Waals surface area (Å²) in [5, 5.41) is 0. The van der Waals surface area contributed by atoms with E-state index in [0.717, 1.165) is 148 Å². The Morgan fingerprint density at radius 1 is 0.259 bits per heavy atom. The SMILES string of the molecule is CC/C=C\C/C=C\C/C=C\C/C=C\C/C=C\C/C=C\CCCCCCCCCCCCCCCCC(=O)OCC(COC(=O)CCCCCCC/C=C\C/C=C\CCCCC)OC(=O)CCCCCCC/C=C\C/C=C\CCCCC. The van der Waals surface area contributed by atoms with Crippen molar-refractivity contribution in [2.24, 2.45) is 0 Å². The van der Waals surface area contributed by atoms with E-state index in [4.69, 9.17) is 14.2 Å². The summed E-state index contributed by atoms with van der Waals surface area (Å²) in [4.78, 5) is 38.3. The number of ether oxygens (including phenoxy) is 3. The van der Waals surface area contributed by atoms with Crippen LogP contribution in [0.25, 0.3) is 0 Å². The first-order valence-corrected chi connectivity index (χ1v) is 34.0. The fraction of sp³-hybridized carbons (Fsp3) is 0.693. The van der Waals surface area contributed by atoms with Gasteiger partial charge in [-0.25, -0.2) is 0 Å². The highest BCUT2D eigenvalue weighted by Crippen LogP contribution is 2.16. The zero-order valence-electron chi connectivity index (χ0n) is 53.0. The fourth-order valence-electron chi connectivity index (χ4n) is 9.33. The molecule has 0 radical (unpaired) electrons. The smallest absolute Gasteiger partial charge is 0.306 e. The molecule has 0 aliphatic rings. The maximum atomic E-state index is 12.9. The molecule has 6 heteroatoms. The second kappa shape index (κ2) is 68.3. The molecule has 0 fully saturated rings. The molecule has 81 heavy (non-hydrogen) atoms. The summed E-state index contributed by atoms with van der Waals surface area (Å²) in [7, 11) is 0. The molecular formula is C75H126O6. The van der Waals surface area contributed by atoms with Crippen LogP contribution in [0.15, 0.2) is 122 Å². The maximum Gasteiger partial charge on any atom is 0.306 e. The molecule has 0 saturated carbocycles. The molecule has 1 atom stereocenters. The van der Waals surface area contributed by atoms with Gasteiger partial charge in [0, 0.05) is 19.3 Å². The highest BCUT2D eigenvalue weighted by molar-refractivity contribution is 5.71. The van der Waals surface area contributed by atoms with Gasteiger partial charge in [0.1, 0.15) is 13.2 Å². The van der Waals surface area contributed by atoms with E-state index < -0.39 is 6.10 Å². The molecular weight excluding hydrogens is 997 g/mol. The van der Waals surface area contributed by atoms with Gasteiger partial charge in [-0.3, -0.25) is 14.4 Å². The topological polar surface area (TPSA) is 78.9 Å². The van der Waals surface area contributed by atoms with E-state index in [9.17, 15) is 14.4 Å². The first-order valence-electron chi connectivity index (χ1n) is 34.0. The van der Waals surface area contributed by atoms with Gasteiger partial charge in [0.15, 0.2) is 6.10 Å². The van der Waals surface area contributed by atoms with Gasteiger partial charge in [-0.1, -0.05) is 284 Å². The molecule has 0 aromatic carbocycles. The van der Waals surface area contributed by atoms with E-state index in [1.54, 1.807) is 0 Å². The van der Waals surface area contributed by atoms with Gasteiger partial charge >= 0.3 is 17.9 Å². The molecule has 0 aromatic rings. The van der Waals surface area contributed by atoms with Gasteiger partial charge in [-0.05, 0) is 135 Å². The largest absolute Gasteiger partial charge is 0.462 e. The molecule has 0 aromatic heterocycles. The Labute approximate surface area is 501 Å². The third-order valence-electron chi connectivity index (χ3n) is 14.4. The zero-order chi connectivity index (χ0) is 58.5. The summed E-state index contributed by atoms with van der Waals surface area (Å²) in [6.07, 6.45) is 95.0. The molecule has 0 N–H and O–H groups in total. The molecule has 0 bridgehead atoms. The molecule has 6 nitrogen and oxygen atoms in total. The summed E-state index contributed by atoms with van der Waals surface area (Å²) >= 11 is 0. The number of rotatable bonds is 61. The lowest BCUT2D eigenvalue weighted by Gasteiger charge is -2.18. The van der Waals surface area contributed by atoms with Gasteiger partial charge in [0.05, 0.1) is 0 Å². The van der Waals surface area contributed by atoms with Crippen molar-refractivity contribution in [1.29, 1.82) is 0 Å². The number of carbonyl (C=O) groups is 3. The van der Waals surface area contributed by atoms with Gasteiger partial charge in [0.2, 0.25) is 0 Å². The van der Waals surface area contributed by atoms with Crippen molar-refractivity contribution in [2.45, 2.75) is 322 Å². The molecule has 0 spiro atoms. The van der Waals surface area contributed by atoms with Crippen LogP contribution in [0.3, 0.4) is 0 Å². The molecule has 0 aliphatic heterocycles. The minimum absolute atomic E-state index is 0.0885. The van der Waals surface area contributed by atoms with Crippen molar-refractivity contribution >= 4 is 17.9 Å². The first-order chi connectivity index (χ1) is 40.0. The second-order valence-electron chi connectivity index (χ2n) is 22.3. The summed E-state index contributed by atoms with van der Waals surface area (Å²) in [6, 6.07) is 0. The maximum absolute atomic E-state index is 12.9. The van der Waals surface area contributed by atoms with Crippen LogP contribution in [0.1, 0.15) is 316 Å². The minimum atomic E-state index is -0.794. The van der Waals surface area contributed by atoms with E-state index in [-0.39, 0.29) is 31.1 Å². The monoisotopic (exact) mass is 1120 g/mol. The predicted molar refractivity (Wildman–Crippen MR) is 353 cm³/mol. The van der Waals surface area contributed by atoms with Crippen molar-refractivity contribution in [3.05, 3.63) is 122 Å². The van der Waals surface area contributed by atoms with Gasteiger partial charge < -0.3 is 14.2 Å². The van der Waals surface area contributed by atoms with E-state index in [0.29, 0.717) is 19.3 Å². The quantitative estimate of drug-likeness (QED) is 0.0261.